The molecular formula is C12H22N2O3. The Kier molecular flexibility index (Phi) is 4.51. The third kappa shape index (κ3) is 4.00. The van der Waals surface area contributed by atoms with Gasteiger partial charge in [-0.3, -0.25) is 9.59 Å². The van der Waals surface area contributed by atoms with Crippen LogP contribution in [0.5, 0.6) is 0 Å². The number of amides is 2. The van der Waals surface area contributed by atoms with E-state index in [4.69, 9.17) is 4.74 Å². The summed E-state index contributed by atoms with van der Waals surface area (Å²) in [6.45, 7) is 8.84. The lowest BCUT2D eigenvalue weighted by Gasteiger charge is -2.35. The monoisotopic (exact) mass is 242 g/mol. The summed E-state index contributed by atoms with van der Waals surface area (Å²) in [5.74, 6) is -0.100. The molecule has 0 bridgehead atoms. The summed E-state index contributed by atoms with van der Waals surface area (Å²) in [5, 5.41) is 2.60. The van der Waals surface area contributed by atoms with Crippen LogP contribution in [0, 0.1) is 0 Å². The van der Waals surface area contributed by atoms with Crippen LogP contribution in [0.4, 0.5) is 0 Å². The van der Waals surface area contributed by atoms with Crippen molar-refractivity contribution in [2.24, 2.45) is 0 Å². The smallest absolute Gasteiger partial charge is 0.243 e. The molecule has 1 atom stereocenters. The molecule has 0 spiro atoms. The molecule has 5 nitrogen and oxygen atoms in total. The molecule has 5 heteroatoms. The predicted molar refractivity (Wildman–Crippen MR) is 64.5 cm³/mol. The molecule has 1 aliphatic heterocycles. The summed E-state index contributed by atoms with van der Waals surface area (Å²) in [4.78, 5) is 24.9. The van der Waals surface area contributed by atoms with Crippen molar-refractivity contribution in [3.8, 4) is 0 Å². The summed E-state index contributed by atoms with van der Waals surface area (Å²) >= 11 is 0. The molecular weight excluding hydrogens is 220 g/mol. The largest absolute Gasteiger partial charge is 0.374 e. The second kappa shape index (κ2) is 5.49. The number of nitrogens with zero attached hydrogens (tertiary/aromatic N) is 1. The number of piperazine rings is 1. The molecule has 1 heterocycles. The summed E-state index contributed by atoms with van der Waals surface area (Å²) in [7, 11) is 0. The molecule has 0 saturated carbocycles. The number of hydrogen-bond donors (Lipinski definition) is 1. The van der Waals surface area contributed by atoms with Gasteiger partial charge in [0.25, 0.3) is 0 Å². The number of rotatable bonds is 4. The predicted octanol–water partition coefficient (Wildman–Crippen LogP) is 0.539. The number of hydrogen-bond acceptors (Lipinski definition) is 3. The number of carbonyl (C=O) groups is 2. The second-order valence-electron chi connectivity index (χ2n) is 5.19. The van der Waals surface area contributed by atoms with Crippen LogP contribution in [0.2, 0.25) is 0 Å². The van der Waals surface area contributed by atoms with E-state index < -0.39 is 0 Å². The normalized spacial score (nSPS) is 21.6. The minimum atomic E-state index is -0.347. The highest BCUT2D eigenvalue weighted by Gasteiger charge is 2.32. The van der Waals surface area contributed by atoms with Gasteiger partial charge in [0.15, 0.2) is 0 Å². The first-order valence-corrected chi connectivity index (χ1v) is 6.06. The molecule has 17 heavy (non-hydrogen) atoms. The van der Waals surface area contributed by atoms with Crippen molar-refractivity contribution < 1.29 is 14.3 Å². The van der Waals surface area contributed by atoms with Gasteiger partial charge in [-0.25, -0.2) is 0 Å². The van der Waals surface area contributed by atoms with Gasteiger partial charge in [-0.05, 0) is 27.2 Å². The molecule has 0 aromatic carbocycles. The van der Waals surface area contributed by atoms with Crippen molar-refractivity contribution in [3.63, 3.8) is 0 Å². The maximum atomic E-state index is 11.7. The van der Waals surface area contributed by atoms with E-state index in [2.05, 4.69) is 5.32 Å². The van der Waals surface area contributed by atoms with E-state index in [0.29, 0.717) is 19.6 Å². The van der Waals surface area contributed by atoms with E-state index in [-0.39, 0.29) is 30.0 Å². The number of nitrogens with one attached hydrogen (secondary N) is 1. The van der Waals surface area contributed by atoms with E-state index in [0.717, 1.165) is 0 Å². The Balaban J connectivity index is 2.53. The topological polar surface area (TPSA) is 58.6 Å². The average Bonchev–Trinajstić information content (AvgIpc) is 2.21. The van der Waals surface area contributed by atoms with Crippen LogP contribution in [0.15, 0.2) is 0 Å². The van der Waals surface area contributed by atoms with Gasteiger partial charge in [0, 0.05) is 6.54 Å². The van der Waals surface area contributed by atoms with Crippen LogP contribution in [0.3, 0.4) is 0 Å². The lowest BCUT2D eigenvalue weighted by Crippen LogP contribution is -2.58. The SMILES string of the molecule is CCC1C(=O)NCC(=O)N1CCOC(C)(C)C. The molecule has 1 saturated heterocycles. The minimum absolute atomic E-state index is 0.0334. The van der Waals surface area contributed by atoms with Crippen LogP contribution in [-0.4, -0.2) is 48.1 Å². The highest BCUT2D eigenvalue weighted by Crippen LogP contribution is 2.11. The van der Waals surface area contributed by atoms with Crippen LogP contribution in [0.1, 0.15) is 34.1 Å². The molecule has 0 aliphatic carbocycles. The average molecular weight is 242 g/mol. The Morgan fingerprint density at radius 1 is 1.41 bits per heavy atom. The highest BCUT2D eigenvalue weighted by molar-refractivity contribution is 5.94. The zero-order valence-corrected chi connectivity index (χ0v) is 11.1. The van der Waals surface area contributed by atoms with Gasteiger partial charge in [-0.1, -0.05) is 6.92 Å². The Morgan fingerprint density at radius 3 is 2.59 bits per heavy atom. The molecule has 0 radical (unpaired) electrons. The standard InChI is InChI=1S/C12H22N2O3/c1-5-9-11(16)13-8-10(15)14(9)6-7-17-12(2,3)4/h9H,5-8H2,1-4H3,(H,13,16). The lowest BCUT2D eigenvalue weighted by molar-refractivity contribution is -0.147. The van der Waals surface area contributed by atoms with Crippen molar-refractivity contribution in [3.05, 3.63) is 0 Å². The van der Waals surface area contributed by atoms with E-state index in [1.54, 1.807) is 4.90 Å². The summed E-state index contributed by atoms with van der Waals surface area (Å²) in [5.41, 5.74) is -0.219. The second-order valence-corrected chi connectivity index (χ2v) is 5.19. The molecule has 0 aromatic rings. The van der Waals surface area contributed by atoms with Crippen molar-refractivity contribution in [1.29, 1.82) is 0 Å². The van der Waals surface area contributed by atoms with E-state index in [1.807, 2.05) is 27.7 Å². The first-order valence-electron chi connectivity index (χ1n) is 6.06. The Labute approximate surface area is 102 Å². The Hall–Kier alpha value is -1.10. The van der Waals surface area contributed by atoms with E-state index >= 15 is 0 Å². The van der Waals surface area contributed by atoms with Gasteiger partial charge in [0.2, 0.25) is 11.8 Å². The molecule has 2 amide bonds. The lowest BCUT2D eigenvalue weighted by atomic mass is 10.1. The van der Waals surface area contributed by atoms with E-state index in [9.17, 15) is 9.59 Å². The van der Waals surface area contributed by atoms with Crippen LogP contribution >= 0.6 is 0 Å². The fourth-order valence-electron chi connectivity index (χ4n) is 1.83. The van der Waals surface area contributed by atoms with Crippen molar-refractivity contribution >= 4 is 11.8 Å². The molecule has 1 aliphatic rings. The molecule has 0 aromatic heterocycles. The summed E-state index contributed by atoms with van der Waals surface area (Å²) in [6.07, 6.45) is 0.632. The van der Waals surface area contributed by atoms with Crippen LogP contribution in [0.25, 0.3) is 0 Å². The van der Waals surface area contributed by atoms with Gasteiger partial charge in [-0.2, -0.15) is 0 Å². The third-order valence-electron chi connectivity index (χ3n) is 2.67. The van der Waals surface area contributed by atoms with Crippen molar-refractivity contribution in [2.45, 2.75) is 45.8 Å². The maximum absolute atomic E-state index is 11.7. The zero-order valence-electron chi connectivity index (χ0n) is 11.1. The number of ether oxygens (including phenoxy) is 1. The Morgan fingerprint density at radius 2 is 2.06 bits per heavy atom. The first kappa shape index (κ1) is 14.0. The van der Waals surface area contributed by atoms with Crippen molar-refractivity contribution in [1.82, 2.24) is 10.2 Å². The van der Waals surface area contributed by atoms with Crippen LogP contribution < -0.4 is 5.32 Å². The molecule has 1 fully saturated rings. The zero-order chi connectivity index (χ0) is 13.1. The molecule has 98 valence electrons. The number of carbonyl (C=O) groups excluding carboxylic acids is 2. The Bertz CT molecular complexity index is 297. The molecule has 1 rings (SSSR count). The van der Waals surface area contributed by atoms with Crippen LogP contribution in [-0.2, 0) is 14.3 Å². The van der Waals surface area contributed by atoms with Gasteiger partial charge in [-0.15, -0.1) is 0 Å². The molecule has 1 N–H and O–H groups in total. The highest BCUT2D eigenvalue weighted by atomic mass is 16.5. The van der Waals surface area contributed by atoms with Gasteiger partial charge in [0.05, 0.1) is 18.8 Å². The minimum Gasteiger partial charge on any atom is -0.374 e. The fourth-order valence-corrected chi connectivity index (χ4v) is 1.83. The first-order chi connectivity index (χ1) is 7.85. The van der Waals surface area contributed by atoms with Gasteiger partial charge < -0.3 is 15.0 Å². The maximum Gasteiger partial charge on any atom is 0.243 e. The third-order valence-corrected chi connectivity index (χ3v) is 2.67. The van der Waals surface area contributed by atoms with Gasteiger partial charge in [0.1, 0.15) is 6.04 Å². The quantitative estimate of drug-likeness (QED) is 0.782. The van der Waals surface area contributed by atoms with Crippen molar-refractivity contribution in [2.75, 3.05) is 19.7 Å². The van der Waals surface area contributed by atoms with E-state index in [1.165, 1.54) is 0 Å². The molecule has 1 unspecified atom stereocenters. The fraction of sp³-hybridized carbons (Fsp3) is 0.833. The van der Waals surface area contributed by atoms with Gasteiger partial charge >= 0.3 is 0 Å². The summed E-state index contributed by atoms with van der Waals surface area (Å²) in [6, 6.07) is -0.347. The summed E-state index contributed by atoms with van der Waals surface area (Å²) < 4.78 is 5.58.